The number of nitrogens with zero attached hydrogens (tertiary/aromatic N) is 6. The van der Waals surface area contributed by atoms with E-state index in [4.69, 9.17) is 0 Å². The summed E-state index contributed by atoms with van der Waals surface area (Å²) in [5.41, 5.74) is 1.90. The fourth-order valence-electron chi connectivity index (χ4n) is 2.57. The summed E-state index contributed by atoms with van der Waals surface area (Å²) in [4.78, 5) is 12.9. The summed E-state index contributed by atoms with van der Waals surface area (Å²) < 4.78 is 27.0. The molecular formula is C16H14F2N8. The van der Waals surface area contributed by atoms with Crippen LogP contribution in [0.1, 0.15) is 30.6 Å². The first kappa shape index (κ1) is 16.1. The van der Waals surface area contributed by atoms with Crippen LogP contribution in [0.2, 0.25) is 0 Å². The fraction of sp³-hybridized carbons (Fsp3) is 0.188. The average Bonchev–Trinajstić information content (AvgIpc) is 3.29. The highest BCUT2D eigenvalue weighted by Crippen LogP contribution is 2.23. The molecule has 10 heteroatoms. The zero-order valence-corrected chi connectivity index (χ0v) is 13.6. The number of anilines is 2. The van der Waals surface area contributed by atoms with Crippen LogP contribution in [0.25, 0.3) is 11.2 Å². The molecule has 4 rings (SSSR count). The van der Waals surface area contributed by atoms with E-state index in [0.717, 1.165) is 5.56 Å². The van der Waals surface area contributed by atoms with Gasteiger partial charge in [0.15, 0.2) is 17.3 Å². The van der Waals surface area contributed by atoms with Gasteiger partial charge >= 0.3 is 0 Å². The van der Waals surface area contributed by atoms with Crippen LogP contribution in [0.3, 0.4) is 0 Å². The second kappa shape index (κ2) is 6.47. The highest BCUT2D eigenvalue weighted by molar-refractivity contribution is 5.72. The van der Waals surface area contributed by atoms with Gasteiger partial charge in [0.1, 0.15) is 11.2 Å². The van der Waals surface area contributed by atoms with Crippen molar-refractivity contribution in [3.05, 3.63) is 54.2 Å². The number of nitrogens with one attached hydrogen (secondary N) is 2. The first-order valence-electron chi connectivity index (χ1n) is 7.82. The predicted molar refractivity (Wildman–Crippen MR) is 90.2 cm³/mol. The van der Waals surface area contributed by atoms with Crippen LogP contribution in [-0.2, 0) is 0 Å². The van der Waals surface area contributed by atoms with E-state index in [2.05, 4.69) is 35.6 Å². The van der Waals surface area contributed by atoms with Crippen LogP contribution in [0.4, 0.5) is 20.4 Å². The molecule has 4 aromatic rings. The van der Waals surface area contributed by atoms with Crippen molar-refractivity contribution in [3.63, 3.8) is 0 Å². The summed E-state index contributed by atoms with van der Waals surface area (Å²) in [6.45, 7) is 1.98. The fourth-order valence-corrected chi connectivity index (χ4v) is 2.57. The lowest BCUT2D eigenvalue weighted by atomic mass is 10.1. The maximum absolute atomic E-state index is 12.6. The van der Waals surface area contributed by atoms with E-state index in [1.165, 1.54) is 12.3 Å². The van der Waals surface area contributed by atoms with Gasteiger partial charge in [-0.2, -0.15) is 10.2 Å². The zero-order valence-electron chi connectivity index (χ0n) is 13.6. The van der Waals surface area contributed by atoms with E-state index in [-0.39, 0.29) is 17.6 Å². The third kappa shape index (κ3) is 2.96. The van der Waals surface area contributed by atoms with Gasteiger partial charge in [-0.15, -0.1) is 0 Å². The molecule has 4 heterocycles. The summed E-state index contributed by atoms with van der Waals surface area (Å²) in [6.07, 6.45) is 3.98. The van der Waals surface area contributed by atoms with Gasteiger partial charge in [-0.05, 0) is 18.6 Å². The lowest BCUT2D eigenvalue weighted by Gasteiger charge is -2.13. The molecule has 8 nitrogen and oxygen atoms in total. The van der Waals surface area contributed by atoms with Crippen molar-refractivity contribution in [2.45, 2.75) is 19.4 Å². The third-order valence-electron chi connectivity index (χ3n) is 3.93. The molecule has 0 amide bonds. The van der Waals surface area contributed by atoms with E-state index in [1.54, 1.807) is 23.3 Å². The summed E-state index contributed by atoms with van der Waals surface area (Å²) >= 11 is 0. The van der Waals surface area contributed by atoms with Crippen LogP contribution in [-0.4, -0.2) is 34.9 Å². The highest BCUT2D eigenvalue weighted by atomic mass is 19.3. The minimum atomic E-state index is -2.62. The Morgan fingerprint density at radius 2 is 2.08 bits per heavy atom. The van der Waals surface area contributed by atoms with Crippen molar-refractivity contribution < 1.29 is 8.78 Å². The molecule has 2 N–H and O–H groups in total. The minimum absolute atomic E-state index is 0.0958. The Morgan fingerprint density at radius 3 is 2.81 bits per heavy atom. The summed E-state index contributed by atoms with van der Waals surface area (Å²) in [5.74, 6) is 0.616. The van der Waals surface area contributed by atoms with Crippen molar-refractivity contribution in [2.75, 3.05) is 5.32 Å². The Hall–Kier alpha value is -3.43. The number of alkyl halides is 2. The summed E-state index contributed by atoms with van der Waals surface area (Å²) in [7, 11) is 0. The molecule has 0 fully saturated rings. The van der Waals surface area contributed by atoms with E-state index < -0.39 is 6.43 Å². The molecule has 0 spiro atoms. The highest BCUT2D eigenvalue weighted by Gasteiger charge is 2.15. The average molecular weight is 356 g/mol. The van der Waals surface area contributed by atoms with Gasteiger partial charge in [-0.25, -0.2) is 23.4 Å². The number of pyridine rings is 1. The van der Waals surface area contributed by atoms with Crippen LogP contribution >= 0.6 is 0 Å². The Kier molecular flexibility index (Phi) is 3.99. The first-order valence-corrected chi connectivity index (χ1v) is 7.82. The van der Waals surface area contributed by atoms with Crippen molar-refractivity contribution in [3.8, 4) is 0 Å². The number of hydrogen-bond acceptors (Lipinski definition) is 6. The summed E-state index contributed by atoms with van der Waals surface area (Å²) in [6, 6.07) is 4.94. The quantitative estimate of drug-likeness (QED) is 0.570. The van der Waals surface area contributed by atoms with Gasteiger partial charge in [0.25, 0.3) is 6.43 Å². The molecule has 0 aliphatic rings. The van der Waals surface area contributed by atoms with Gasteiger partial charge < -0.3 is 5.32 Å². The number of rotatable bonds is 5. The summed E-state index contributed by atoms with van der Waals surface area (Å²) in [5, 5.41) is 13.3. The van der Waals surface area contributed by atoms with Gasteiger partial charge in [-0.1, -0.05) is 6.07 Å². The second-order valence-corrected chi connectivity index (χ2v) is 5.65. The van der Waals surface area contributed by atoms with E-state index in [9.17, 15) is 8.78 Å². The van der Waals surface area contributed by atoms with Crippen LogP contribution in [0.5, 0.6) is 0 Å². The molecule has 0 aromatic carbocycles. The van der Waals surface area contributed by atoms with Crippen molar-refractivity contribution in [1.29, 1.82) is 0 Å². The number of aromatic nitrogens is 7. The molecule has 132 valence electrons. The molecule has 0 aliphatic carbocycles. The monoisotopic (exact) mass is 356 g/mol. The Morgan fingerprint density at radius 1 is 1.19 bits per heavy atom. The maximum atomic E-state index is 12.6. The Labute approximate surface area is 146 Å². The molecule has 0 bridgehead atoms. The molecule has 0 radical (unpaired) electrons. The van der Waals surface area contributed by atoms with E-state index in [1.807, 2.05) is 19.1 Å². The number of fused-ring (bicyclic) bond motifs is 1. The first-order chi connectivity index (χ1) is 12.6. The molecule has 0 aliphatic heterocycles. The number of hydrogen-bond donors (Lipinski definition) is 2. The lowest BCUT2D eigenvalue weighted by Crippen LogP contribution is -2.10. The maximum Gasteiger partial charge on any atom is 0.279 e. The second-order valence-electron chi connectivity index (χ2n) is 5.65. The van der Waals surface area contributed by atoms with Crippen molar-refractivity contribution >= 4 is 22.8 Å². The van der Waals surface area contributed by atoms with Crippen LogP contribution in [0.15, 0.2) is 43.0 Å². The molecular weight excluding hydrogens is 342 g/mol. The topological polar surface area (TPSA) is 97.2 Å². The molecule has 0 saturated carbocycles. The molecule has 0 saturated heterocycles. The smallest absolute Gasteiger partial charge is 0.279 e. The van der Waals surface area contributed by atoms with E-state index >= 15 is 0 Å². The molecule has 4 aromatic heterocycles. The molecule has 26 heavy (non-hydrogen) atoms. The van der Waals surface area contributed by atoms with Crippen molar-refractivity contribution in [2.24, 2.45) is 0 Å². The van der Waals surface area contributed by atoms with Crippen LogP contribution in [0, 0.1) is 0 Å². The van der Waals surface area contributed by atoms with Gasteiger partial charge in [-0.3, -0.25) is 10.1 Å². The van der Waals surface area contributed by atoms with Crippen molar-refractivity contribution in [1.82, 2.24) is 34.9 Å². The molecule has 0 unspecified atom stereocenters. The number of aromatic amines is 1. The lowest BCUT2D eigenvalue weighted by molar-refractivity contribution is 0.146. The minimum Gasteiger partial charge on any atom is -0.322 e. The van der Waals surface area contributed by atoms with Gasteiger partial charge in [0.05, 0.1) is 18.4 Å². The molecule has 1 atom stereocenters. The normalized spacial score (nSPS) is 12.6. The van der Waals surface area contributed by atoms with Gasteiger partial charge in [0, 0.05) is 18.5 Å². The van der Waals surface area contributed by atoms with Gasteiger partial charge in [0.2, 0.25) is 0 Å². The zero-order chi connectivity index (χ0) is 18.1. The number of halogens is 2. The standard InChI is InChI=1S/C16H14F2N8/c1-9(10-3-2-4-19-6-10)26-16-12(7-21-26)20-8-14(23-16)22-13-5-11(15(17)18)24-25-13/h2-9,15H,1H3,(H2,22,23,24,25)/t9-/m0/s1. The van der Waals surface area contributed by atoms with E-state index in [0.29, 0.717) is 17.0 Å². The third-order valence-corrected chi connectivity index (χ3v) is 3.93. The largest absolute Gasteiger partial charge is 0.322 e. The van der Waals surface area contributed by atoms with Crippen LogP contribution < -0.4 is 5.32 Å². The predicted octanol–water partition coefficient (Wildman–Crippen LogP) is 3.23. The Bertz CT molecular complexity index is 1030. The SMILES string of the molecule is C[C@@H](c1cccnc1)n1ncc2ncc(Nc3cc(C(F)F)[nH]n3)nc21. The number of H-pyrrole nitrogens is 1. The Balaban J connectivity index is 1.66.